The molecule has 1 rings (SSSR count). The zero-order valence-corrected chi connectivity index (χ0v) is 10.8. The van der Waals surface area contributed by atoms with E-state index in [0.717, 1.165) is 6.42 Å². The minimum Gasteiger partial charge on any atom is -0.469 e. The van der Waals surface area contributed by atoms with E-state index in [1.165, 1.54) is 31.1 Å². The van der Waals surface area contributed by atoms with Gasteiger partial charge in [-0.1, -0.05) is 31.6 Å². The maximum atomic E-state index is 11.0. The summed E-state index contributed by atoms with van der Waals surface area (Å²) >= 11 is 0. The van der Waals surface area contributed by atoms with Crippen LogP contribution in [0.4, 0.5) is 0 Å². The third-order valence-electron chi connectivity index (χ3n) is 3.58. The van der Waals surface area contributed by atoms with Gasteiger partial charge in [-0.3, -0.25) is 4.79 Å². The molecule has 1 aliphatic rings. The van der Waals surface area contributed by atoms with Gasteiger partial charge in [0.25, 0.3) is 0 Å². The van der Waals surface area contributed by atoms with Gasteiger partial charge in [-0.15, -0.1) is 0 Å². The topological polar surface area (TPSA) is 26.3 Å². The van der Waals surface area contributed by atoms with E-state index in [1.54, 1.807) is 0 Å². The lowest BCUT2D eigenvalue weighted by molar-refractivity contribution is -0.139. The van der Waals surface area contributed by atoms with Crippen LogP contribution in [0.5, 0.6) is 0 Å². The Hall–Kier alpha value is -1.05. The predicted octanol–water partition coefficient (Wildman–Crippen LogP) is 3.63. The van der Waals surface area contributed by atoms with Gasteiger partial charge in [-0.2, -0.15) is 0 Å². The summed E-state index contributed by atoms with van der Waals surface area (Å²) in [5.74, 6) is -0.176. The van der Waals surface area contributed by atoms with E-state index in [1.807, 2.05) is 6.08 Å². The number of carbonyl (C=O) groups excluding carboxylic acids is 1. The number of rotatable bonds is 3. The Balaban J connectivity index is 2.69. The van der Waals surface area contributed by atoms with Gasteiger partial charge >= 0.3 is 5.97 Å². The van der Waals surface area contributed by atoms with E-state index >= 15 is 0 Å². The molecule has 0 atom stereocenters. The number of methoxy groups -OCH3 is 1. The average Bonchev–Trinajstić information content (AvgIpc) is 2.24. The molecule has 0 bridgehead atoms. The SMILES string of the molecule is COC(=O)CC=CC1=C(C)C(C)(C)CCC1. The molecule has 0 N–H and O–H groups in total. The zero-order valence-electron chi connectivity index (χ0n) is 10.8. The molecule has 0 saturated carbocycles. The lowest BCUT2D eigenvalue weighted by Crippen LogP contribution is -2.18. The fourth-order valence-corrected chi connectivity index (χ4v) is 2.12. The first-order chi connectivity index (χ1) is 7.47. The van der Waals surface area contributed by atoms with E-state index in [-0.39, 0.29) is 5.97 Å². The maximum Gasteiger partial charge on any atom is 0.309 e. The van der Waals surface area contributed by atoms with E-state index in [9.17, 15) is 4.79 Å². The first-order valence-corrected chi connectivity index (χ1v) is 5.91. The summed E-state index contributed by atoms with van der Waals surface area (Å²) in [6.07, 6.45) is 8.00. The minimum absolute atomic E-state index is 0.176. The molecule has 2 nitrogen and oxygen atoms in total. The number of hydrogen-bond donors (Lipinski definition) is 0. The molecular weight excluding hydrogens is 200 g/mol. The van der Waals surface area contributed by atoms with Crippen LogP contribution in [0.25, 0.3) is 0 Å². The first-order valence-electron chi connectivity index (χ1n) is 5.91. The molecule has 1 aliphatic carbocycles. The van der Waals surface area contributed by atoms with Crippen LogP contribution in [0, 0.1) is 5.41 Å². The summed E-state index contributed by atoms with van der Waals surface area (Å²) in [5, 5.41) is 0. The molecule has 0 saturated heterocycles. The Morgan fingerprint density at radius 1 is 1.50 bits per heavy atom. The standard InChI is InChI=1S/C14H22O2/c1-11-12(7-5-9-13(15)16-4)8-6-10-14(11,2)3/h5,7H,6,8-10H2,1-4H3. The van der Waals surface area contributed by atoms with E-state index in [4.69, 9.17) is 0 Å². The van der Waals surface area contributed by atoms with E-state index in [2.05, 4.69) is 31.6 Å². The van der Waals surface area contributed by atoms with Crippen LogP contribution >= 0.6 is 0 Å². The van der Waals surface area contributed by atoms with Crippen molar-refractivity contribution in [1.29, 1.82) is 0 Å². The number of carbonyl (C=O) groups is 1. The number of ether oxygens (including phenoxy) is 1. The fourth-order valence-electron chi connectivity index (χ4n) is 2.12. The van der Waals surface area contributed by atoms with Crippen LogP contribution < -0.4 is 0 Å². The number of hydrogen-bond acceptors (Lipinski definition) is 2. The number of allylic oxidation sites excluding steroid dienone is 3. The molecule has 0 unspecified atom stereocenters. The fraction of sp³-hybridized carbons (Fsp3) is 0.643. The van der Waals surface area contributed by atoms with Gasteiger partial charge < -0.3 is 4.74 Å². The Bertz CT molecular complexity index is 322. The summed E-state index contributed by atoms with van der Waals surface area (Å²) in [7, 11) is 1.42. The third kappa shape index (κ3) is 3.22. The highest BCUT2D eigenvalue weighted by Crippen LogP contribution is 2.40. The first kappa shape index (κ1) is 13.0. The molecule has 0 aromatic rings. The van der Waals surface area contributed by atoms with Crippen LogP contribution in [-0.4, -0.2) is 13.1 Å². The second-order valence-electron chi connectivity index (χ2n) is 5.07. The van der Waals surface area contributed by atoms with Gasteiger partial charge in [0, 0.05) is 0 Å². The molecule has 0 fully saturated rings. The quantitative estimate of drug-likeness (QED) is 0.681. The van der Waals surface area contributed by atoms with Crippen molar-refractivity contribution in [2.75, 3.05) is 7.11 Å². The predicted molar refractivity (Wildman–Crippen MR) is 66.1 cm³/mol. The number of esters is 1. The second kappa shape index (κ2) is 5.33. The van der Waals surface area contributed by atoms with Crippen molar-refractivity contribution in [2.24, 2.45) is 5.41 Å². The molecule has 2 heteroatoms. The van der Waals surface area contributed by atoms with Crippen LogP contribution in [0.15, 0.2) is 23.3 Å². The van der Waals surface area contributed by atoms with Crippen LogP contribution in [0.3, 0.4) is 0 Å². The maximum absolute atomic E-state index is 11.0. The van der Waals surface area contributed by atoms with Gasteiger partial charge in [-0.05, 0) is 37.2 Å². The average molecular weight is 222 g/mol. The summed E-state index contributed by atoms with van der Waals surface area (Å²) in [4.78, 5) is 11.0. The molecule has 0 spiro atoms. The second-order valence-corrected chi connectivity index (χ2v) is 5.07. The van der Waals surface area contributed by atoms with E-state index < -0.39 is 0 Å². The van der Waals surface area contributed by atoms with Gasteiger partial charge in [0.05, 0.1) is 13.5 Å². The molecule has 0 radical (unpaired) electrons. The molecule has 16 heavy (non-hydrogen) atoms. The lowest BCUT2D eigenvalue weighted by Gasteiger charge is -2.32. The van der Waals surface area contributed by atoms with Gasteiger partial charge in [0.15, 0.2) is 0 Å². The smallest absolute Gasteiger partial charge is 0.309 e. The summed E-state index contributed by atoms with van der Waals surface area (Å²) in [6.45, 7) is 6.78. The summed E-state index contributed by atoms with van der Waals surface area (Å²) in [6, 6.07) is 0. The highest BCUT2D eigenvalue weighted by Gasteiger charge is 2.25. The largest absolute Gasteiger partial charge is 0.469 e. The van der Waals surface area contributed by atoms with Crippen molar-refractivity contribution in [2.45, 2.75) is 46.5 Å². The molecular formula is C14H22O2. The summed E-state index contributed by atoms with van der Waals surface area (Å²) in [5.41, 5.74) is 3.16. The third-order valence-corrected chi connectivity index (χ3v) is 3.58. The molecule has 0 aromatic carbocycles. The zero-order chi connectivity index (χ0) is 12.2. The summed E-state index contributed by atoms with van der Waals surface area (Å²) < 4.78 is 4.60. The highest BCUT2D eigenvalue weighted by atomic mass is 16.5. The molecule has 0 aliphatic heterocycles. The van der Waals surface area contributed by atoms with Crippen molar-refractivity contribution in [1.82, 2.24) is 0 Å². The van der Waals surface area contributed by atoms with Crippen LogP contribution in [0.1, 0.15) is 46.5 Å². The van der Waals surface area contributed by atoms with Gasteiger partial charge in [0.1, 0.15) is 0 Å². The van der Waals surface area contributed by atoms with Crippen molar-refractivity contribution in [3.63, 3.8) is 0 Å². The lowest BCUT2D eigenvalue weighted by atomic mass is 9.73. The van der Waals surface area contributed by atoms with Crippen molar-refractivity contribution < 1.29 is 9.53 Å². The normalized spacial score (nSPS) is 20.2. The Kier molecular flexibility index (Phi) is 4.34. The highest BCUT2D eigenvalue weighted by molar-refractivity contribution is 5.71. The van der Waals surface area contributed by atoms with Crippen molar-refractivity contribution in [3.8, 4) is 0 Å². The van der Waals surface area contributed by atoms with Gasteiger partial charge in [-0.25, -0.2) is 0 Å². The van der Waals surface area contributed by atoms with Crippen molar-refractivity contribution in [3.05, 3.63) is 23.3 Å². The minimum atomic E-state index is -0.176. The molecule has 0 aromatic heterocycles. The van der Waals surface area contributed by atoms with Gasteiger partial charge in [0.2, 0.25) is 0 Å². The molecule has 0 amide bonds. The Labute approximate surface area is 98.4 Å². The van der Waals surface area contributed by atoms with E-state index in [0.29, 0.717) is 11.8 Å². The molecule has 90 valence electrons. The van der Waals surface area contributed by atoms with Crippen molar-refractivity contribution >= 4 is 5.97 Å². The molecule has 0 heterocycles. The van der Waals surface area contributed by atoms with Crippen LogP contribution in [-0.2, 0) is 9.53 Å². The Morgan fingerprint density at radius 2 is 2.19 bits per heavy atom. The van der Waals surface area contributed by atoms with Crippen LogP contribution in [0.2, 0.25) is 0 Å². The Morgan fingerprint density at radius 3 is 2.81 bits per heavy atom. The monoisotopic (exact) mass is 222 g/mol.